The summed E-state index contributed by atoms with van der Waals surface area (Å²) >= 11 is 5.82. The van der Waals surface area contributed by atoms with Crippen molar-refractivity contribution >= 4 is 32.6 Å². The highest BCUT2D eigenvalue weighted by Gasteiger charge is 2.07. The maximum atomic E-state index is 5.82. The van der Waals surface area contributed by atoms with Crippen molar-refractivity contribution in [1.82, 2.24) is 0 Å². The summed E-state index contributed by atoms with van der Waals surface area (Å²) in [4.78, 5) is 0. The van der Waals surface area contributed by atoms with E-state index < -0.39 is 0 Å². The summed E-state index contributed by atoms with van der Waals surface area (Å²) in [7, 11) is 1.07. The van der Waals surface area contributed by atoms with E-state index >= 15 is 0 Å². The van der Waals surface area contributed by atoms with Crippen LogP contribution in [0.3, 0.4) is 0 Å². The standard InChI is InChI=1S/C11H15ClSi/c1-8(2)10(7-12)9-5-3-4-6-11(9)13/h3-8H,1-2,13H3. The molecule has 0 atom stereocenters. The molecule has 0 nitrogen and oxygen atoms in total. The number of hydrogen-bond acceptors (Lipinski definition) is 0. The molecule has 0 aliphatic rings. The fraction of sp³-hybridized carbons (Fsp3) is 0.273. The Morgan fingerprint density at radius 1 is 1.38 bits per heavy atom. The lowest BCUT2D eigenvalue weighted by Crippen LogP contribution is -2.10. The lowest BCUT2D eigenvalue weighted by atomic mass is 9.97. The molecule has 0 fully saturated rings. The monoisotopic (exact) mass is 210 g/mol. The van der Waals surface area contributed by atoms with Crippen LogP contribution >= 0.6 is 11.6 Å². The van der Waals surface area contributed by atoms with Crippen molar-refractivity contribution in [2.45, 2.75) is 13.8 Å². The zero-order valence-electron chi connectivity index (χ0n) is 8.34. The van der Waals surface area contributed by atoms with E-state index in [4.69, 9.17) is 11.6 Å². The van der Waals surface area contributed by atoms with E-state index in [0.717, 1.165) is 10.2 Å². The molecule has 0 spiro atoms. The smallest absolute Gasteiger partial charge is 0.0392 e. The molecular weight excluding hydrogens is 196 g/mol. The van der Waals surface area contributed by atoms with Crippen LogP contribution in [0.4, 0.5) is 0 Å². The maximum absolute atomic E-state index is 5.82. The van der Waals surface area contributed by atoms with Gasteiger partial charge in [0.1, 0.15) is 0 Å². The number of benzene rings is 1. The second kappa shape index (κ2) is 4.63. The Balaban J connectivity index is 3.13. The third kappa shape index (κ3) is 2.45. The molecule has 0 saturated heterocycles. The Morgan fingerprint density at radius 3 is 2.46 bits per heavy atom. The fourth-order valence-electron chi connectivity index (χ4n) is 1.39. The molecule has 70 valence electrons. The average Bonchev–Trinajstić information content (AvgIpc) is 2.09. The normalized spacial score (nSPS) is 12.5. The molecule has 0 bridgehead atoms. The Hall–Kier alpha value is -0.533. The van der Waals surface area contributed by atoms with Gasteiger partial charge in [-0.3, -0.25) is 0 Å². The van der Waals surface area contributed by atoms with Crippen molar-refractivity contribution in [3.05, 3.63) is 35.4 Å². The van der Waals surface area contributed by atoms with Gasteiger partial charge >= 0.3 is 0 Å². The van der Waals surface area contributed by atoms with Crippen molar-refractivity contribution in [2.75, 3.05) is 0 Å². The molecule has 0 radical (unpaired) electrons. The van der Waals surface area contributed by atoms with Gasteiger partial charge in [0.25, 0.3) is 0 Å². The molecule has 0 N–H and O–H groups in total. The predicted molar refractivity (Wildman–Crippen MR) is 64.7 cm³/mol. The van der Waals surface area contributed by atoms with Crippen LogP contribution < -0.4 is 5.19 Å². The molecule has 0 saturated carbocycles. The topological polar surface area (TPSA) is 0 Å². The lowest BCUT2D eigenvalue weighted by molar-refractivity contribution is 0.858. The van der Waals surface area contributed by atoms with Crippen molar-refractivity contribution in [2.24, 2.45) is 5.92 Å². The number of rotatable bonds is 2. The molecule has 0 aromatic heterocycles. The molecule has 0 aliphatic heterocycles. The van der Waals surface area contributed by atoms with Crippen LogP contribution in [0.15, 0.2) is 29.8 Å². The van der Waals surface area contributed by atoms with E-state index in [-0.39, 0.29) is 0 Å². The summed E-state index contributed by atoms with van der Waals surface area (Å²) in [6.07, 6.45) is 0. The van der Waals surface area contributed by atoms with Gasteiger partial charge in [-0.1, -0.05) is 54.9 Å². The summed E-state index contributed by atoms with van der Waals surface area (Å²) in [5.41, 5.74) is 4.27. The Kier molecular flexibility index (Phi) is 3.76. The zero-order chi connectivity index (χ0) is 9.84. The Bertz CT molecular complexity index is 316. The highest BCUT2D eigenvalue weighted by molar-refractivity contribution is 6.35. The molecule has 2 heteroatoms. The van der Waals surface area contributed by atoms with Gasteiger partial charge in [-0.2, -0.15) is 0 Å². The molecule has 0 unspecified atom stereocenters. The summed E-state index contributed by atoms with van der Waals surface area (Å²) in [6.45, 7) is 4.34. The maximum Gasteiger partial charge on any atom is 0.0392 e. The summed E-state index contributed by atoms with van der Waals surface area (Å²) < 4.78 is 0. The van der Waals surface area contributed by atoms with E-state index in [9.17, 15) is 0 Å². The highest BCUT2D eigenvalue weighted by atomic mass is 35.5. The van der Waals surface area contributed by atoms with E-state index in [0.29, 0.717) is 5.92 Å². The van der Waals surface area contributed by atoms with Crippen LogP contribution in [0.2, 0.25) is 0 Å². The average molecular weight is 211 g/mol. The SMILES string of the molecule is CC(C)C(=CCl)c1ccccc1[SiH3]. The minimum atomic E-state index is 0.493. The van der Waals surface area contributed by atoms with Crippen molar-refractivity contribution < 1.29 is 0 Å². The van der Waals surface area contributed by atoms with E-state index in [2.05, 4.69) is 38.1 Å². The molecule has 1 aromatic rings. The predicted octanol–water partition coefficient (Wildman–Crippen LogP) is 1.91. The third-order valence-electron chi connectivity index (χ3n) is 2.20. The molecule has 13 heavy (non-hydrogen) atoms. The first-order chi connectivity index (χ1) is 6.16. The van der Waals surface area contributed by atoms with Gasteiger partial charge in [0.2, 0.25) is 0 Å². The second-order valence-corrected chi connectivity index (χ2v) is 4.83. The first kappa shape index (κ1) is 10.5. The van der Waals surface area contributed by atoms with Crippen LogP contribution in [-0.4, -0.2) is 10.2 Å². The van der Waals surface area contributed by atoms with Gasteiger partial charge in [0.05, 0.1) is 0 Å². The highest BCUT2D eigenvalue weighted by Crippen LogP contribution is 2.21. The largest absolute Gasteiger partial charge is 0.0926 e. The van der Waals surface area contributed by atoms with Crippen LogP contribution in [0.5, 0.6) is 0 Å². The van der Waals surface area contributed by atoms with E-state index in [1.165, 1.54) is 16.3 Å². The quantitative estimate of drug-likeness (QED) is 0.655. The molecule has 0 amide bonds. The van der Waals surface area contributed by atoms with Gasteiger partial charge < -0.3 is 0 Å². The number of halogens is 1. The van der Waals surface area contributed by atoms with E-state index in [1.807, 2.05) is 0 Å². The van der Waals surface area contributed by atoms with Crippen LogP contribution in [0, 0.1) is 5.92 Å². The first-order valence-corrected chi connectivity index (χ1v) is 5.96. The third-order valence-corrected chi connectivity index (χ3v) is 3.30. The van der Waals surface area contributed by atoms with Gasteiger partial charge in [-0.25, -0.2) is 0 Å². The summed E-state index contributed by atoms with van der Waals surface area (Å²) in [5, 5.41) is 1.42. The minimum absolute atomic E-state index is 0.493. The molecule has 0 aliphatic carbocycles. The summed E-state index contributed by atoms with van der Waals surface area (Å²) in [6, 6.07) is 8.47. The van der Waals surface area contributed by atoms with Gasteiger partial charge in [-0.05, 0) is 17.1 Å². The summed E-state index contributed by atoms with van der Waals surface area (Å²) in [5.74, 6) is 0.493. The van der Waals surface area contributed by atoms with Crippen LogP contribution in [0.1, 0.15) is 19.4 Å². The molecule has 1 rings (SSSR count). The Morgan fingerprint density at radius 2 is 2.00 bits per heavy atom. The van der Waals surface area contributed by atoms with Gasteiger partial charge in [0, 0.05) is 15.8 Å². The number of allylic oxidation sites excluding steroid dienone is 1. The fourth-order valence-corrected chi connectivity index (χ4v) is 2.41. The van der Waals surface area contributed by atoms with E-state index in [1.54, 1.807) is 5.54 Å². The zero-order valence-corrected chi connectivity index (χ0v) is 11.1. The van der Waals surface area contributed by atoms with Crippen molar-refractivity contribution in [1.29, 1.82) is 0 Å². The minimum Gasteiger partial charge on any atom is -0.0926 e. The van der Waals surface area contributed by atoms with Crippen LogP contribution in [-0.2, 0) is 0 Å². The van der Waals surface area contributed by atoms with Gasteiger partial charge in [-0.15, -0.1) is 0 Å². The first-order valence-electron chi connectivity index (χ1n) is 4.53. The van der Waals surface area contributed by atoms with Crippen molar-refractivity contribution in [3.63, 3.8) is 0 Å². The molecule has 1 aromatic carbocycles. The molecular formula is C11H15ClSi. The lowest BCUT2D eigenvalue weighted by Gasteiger charge is -2.12. The molecule has 0 heterocycles. The van der Waals surface area contributed by atoms with Crippen LogP contribution in [0.25, 0.3) is 5.57 Å². The van der Waals surface area contributed by atoms with Gasteiger partial charge in [0.15, 0.2) is 0 Å². The number of hydrogen-bond donors (Lipinski definition) is 0. The Labute approximate surface area is 88.0 Å². The van der Waals surface area contributed by atoms with Crippen molar-refractivity contribution in [3.8, 4) is 0 Å². The second-order valence-electron chi connectivity index (χ2n) is 3.53.